The number of rotatable bonds is 8. The summed E-state index contributed by atoms with van der Waals surface area (Å²) >= 11 is 0. The van der Waals surface area contributed by atoms with Crippen molar-refractivity contribution in [2.24, 2.45) is 0 Å². The molecule has 1 rings (SSSR count). The molecule has 4 heteroatoms. The first-order valence-electron chi connectivity index (χ1n) is 5.72. The Morgan fingerprint density at radius 1 is 1.44 bits per heavy atom. The second-order valence-corrected chi connectivity index (χ2v) is 3.81. The smallest absolute Gasteiger partial charge is 0.120 e. The van der Waals surface area contributed by atoms with E-state index < -0.39 is 0 Å². The van der Waals surface area contributed by atoms with Gasteiger partial charge in [-0.1, -0.05) is 0 Å². The molecule has 0 aliphatic rings. The van der Waals surface area contributed by atoms with E-state index in [1.807, 2.05) is 19.1 Å². The van der Waals surface area contributed by atoms with Gasteiger partial charge < -0.3 is 19.6 Å². The molecular formula is C12H21NO3. The van der Waals surface area contributed by atoms with Gasteiger partial charge >= 0.3 is 0 Å². The maximum atomic E-state index is 8.51. The monoisotopic (exact) mass is 227 g/mol. The van der Waals surface area contributed by atoms with Crippen molar-refractivity contribution < 1.29 is 14.3 Å². The molecule has 16 heavy (non-hydrogen) atoms. The van der Waals surface area contributed by atoms with Crippen molar-refractivity contribution >= 4 is 0 Å². The molecule has 0 saturated carbocycles. The van der Waals surface area contributed by atoms with Crippen molar-refractivity contribution in [1.82, 2.24) is 5.32 Å². The van der Waals surface area contributed by atoms with E-state index in [-0.39, 0.29) is 12.6 Å². The van der Waals surface area contributed by atoms with E-state index in [1.54, 1.807) is 0 Å². The van der Waals surface area contributed by atoms with E-state index in [0.717, 1.165) is 24.5 Å². The van der Waals surface area contributed by atoms with E-state index in [2.05, 4.69) is 12.2 Å². The largest absolute Gasteiger partial charge is 0.465 e. The first-order chi connectivity index (χ1) is 7.74. The van der Waals surface area contributed by atoms with Gasteiger partial charge in [-0.3, -0.25) is 0 Å². The second kappa shape index (κ2) is 7.44. The summed E-state index contributed by atoms with van der Waals surface area (Å²) < 4.78 is 10.7. The van der Waals surface area contributed by atoms with Crippen LogP contribution in [0.25, 0.3) is 0 Å². The molecular weight excluding hydrogens is 206 g/mol. The molecule has 0 saturated heterocycles. The fourth-order valence-corrected chi connectivity index (χ4v) is 1.45. The number of aliphatic hydroxyl groups excluding tert-OH is 1. The second-order valence-electron chi connectivity index (χ2n) is 3.81. The van der Waals surface area contributed by atoms with Crippen molar-refractivity contribution in [2.75, 3.05) is 26.4 Å². The minimum atomic E-state index is 0.0928. The molecule has 0 radical (unpaired) electrons. The Morgan fingerprint density at radius 2 is 2.25 bits per heavy atom. The maximum Gasteiger partial charge on any atom is 0.120 e. The van der Waals surface area contributed by atoms with Crippen LogP contribution < -0.4 is 5.32 Å². The van der Waals surface area contributed by atoms with Gasteiger partial charge in [0, 0.05) is 6.61 Å². The summed E-state index contributed by atoms with van der Waals surface area (Å²) in [7, 11) is 0. The van der Waals surface area contributed by atoms with Crippen molar-refractivity contribution in [2.45, 2.75) is 26.3 Å². The highest BCUT2D eigenvalue weighted by Gasteiger charge is 2.07. The summed E-state index contributed by atoms with van der Waals surface area (Å²) in [5, 5.41) is 11.9. The topological polar surface area (TPSA) is 54.6 Å². The van der Waals surface area contributed by atoms with Crippen LogP contribution in [-0.2, 0) is 4.74 Å². The fourth-order valence-electron chi connectivity index (χ4n) is 1.45. The molecule has 0 fully saturated rings. The number of hydrogen-bond acceptors (Lipinski definition) is 4. The molecule has 1 unspecified atom stereocenters. The third-order valence-corrected chi connectivity index (χ3v) is 2.34. The molecule has 1 aromatic rings. The van der Waals surface area contributed by atoms with Gasteiger partial charge in [-0.05, 0) is 38.9 Å². The Bertz CT molecular complexity index is 286. The van der Waals surface area contributed by atoms with Gasteiger partial charge in [0.1, 0.15) is 11.5 Å². The molecule has 0 aliphatic heterocycles. The van der Waals surface area contributed by atoms with Crippen LogP contribution in [0, 0.1) is 6.92 Å². The lowest BCUT2D eigenvalue weighted by atomic mass is 10.2. The molecule has 1 aromatic heterocycles. The van der Waals surface area contributed by atoms with Crippen LogP contribution in [0.2, 0.25) is 0 Å². The Kier molecular flexibility index (Phi) is 6.15. The Labute approximate surface area is 96.6 Å². The van der Waals surface area contributed by atoms with E-state index >= 15 is 0 Å². The minimum Gasteiger partial charge on any atom is -0.465 e. The van der Waals surface area contributed by atoms with Gasteiger partial charge in [-0.15, -0.1) is 0 Å². The molecule has 0 bridgehead atoms. The van der Waals surface area contributed by atoms with E-state index in [1.165, 1.54) is 0 Å². The summed E-state index contributed by atoms with van der Waals surface area (Å²) in [5.41, 5.74) is 0. The number of ether oxygens (including phenoxy) is 1. The molecule has 0 spiro atoms. The molecule has 0 aromatic carbocycles. The van der Waals surface area contributed by atoms with Gasteiger partial charge in [0.2, 0.25) is 0 Å². The third-order valence-electron chi connectivity index (χ3n) is 2.34. The average molecular weight is 227 g/mol. The van der Waals surface area contributed by atoms with Crippen LogP contribution >= 0.6 is 0 Å². The lowest BCUT2D eigenvalue weighted by molar-refractivity contribution is 0.0903. The van der Waals surface area contributed by atoms with E-state index in [4.69, 9.17) is 14.3 Å². The number of aliphatic hydroxyl groups is 1. The van der Waals surface area contributed by atoms with Gasteiger partial charge in [0.25, 0.3) is 0 Å². The first-order valence-corrected chi connectivity index (χ1v) is 5.72. The predicted octanol–water partition coefficient (Wildman–Crippen LogP) is 1.64. The predicted molar refractivity (Wildman–Crippen MR) is 62.4 cm³/mol. The summed E-state index contributed by atoms with van der Waals surface area (Å²) in [6, 6.07) is 4.19. The summed E-state index contributed by atoms with van der Waals surface area (Å²) in [4.78, 5) is 0. The zero-order chi connectivity index (χ0) is 11.8. The lowest BCUT2D eigenvalue weighted by Crippen LogP contribution is -2.20. The van der Waals surface area contributed by atoms with E-state index in [0.29, 0.717) is 13.2 Å². The summed E-state index contributed by atoms with van der Waals surface area (Å²) in [6.45, 7) is 6.10. The zero-order valence-electron chi connectivity index (χ0n) is 10.0. The van der Waals surface area contributed by atoms with Crippen LogP contribution in [0.5, 0.6) is 0 Å². The molecule has 1 heterocycles. The number of furan rings is 1. The standard InChI is InChI=1S/C12H21NO3/c1-10-4-5-12(16-10)11(2)13-6-3-8-15-9-7-14/h4-5,11,13-14H,3,6-9H2,1-2H3. The third kappa shape index (κ3) is 4.79. The van der Waals surface area contributed by atoms with E-state index in [9.17, 15) is 0 Å². The van der Waals surface area contributed by atoms with Gasteiger partial charge in [0.15, 0.2) is 0 Å². The Morgan fingerprint density at radius 3 is 2.88 bits per heavy atom. The Balaban J connectivity index is 2.09. The molecule has 0 aliphatic carbocycles. The van der Waals surface area contributed by atoms with Crippen LogP contribution in [0.15, 0.2) is 16.5 Å². The zero-order valence-corrected chi connectivity index (χ0v) is 10.0. The summed E-state index contributed by atoms with van der Waals surface area (Å²) in [5.74, 6) is 1.91. The molecule has 2 N–H and O–H groups in total. The highest BCUT2D eigenvalue weighted by molar-refractivity contribution is 5.08. The van der Waals surface area contributed by atoms with Crippen LogP contribution in [0.4, 0.5) is 0 Å². The highest BCUT2D eigenvalue weighted by Crippen LogP contribution is 2.15. The highest BCUT2D eigenvalue weighted by atomic mass is 16.5. The quantitative estimate of drug-likeness (QED) is 0.663. The Hall–Kier alpha value is -0.840. The van der Waals surface area contributed by atoms with Crippen molar-refractivity contribution in [3.8, 4) is 0 Å². The fraction of sp³-hybridized carbons (Fsp3) is 0.667. The molecule has 1 atom stereocenters. The lowest BCUT2D eigenvalue weighted by Gasteiger charge is -2.11. The average Bonchev–Trinajstić information content (AvgIpc) is 2.70. The van der Waals surface area contributed by atoms with Crippen LogP contribution in [0.3, 0.4) is 0 Å². The maximum absolute atomic E-state index is 8.51. The molecule has 4 nitrogen and oxygen atoms in total. The van der Waals surface area contributed by atoms with Gasteiger partial charge in [0.05, 0.1) is 19.3 Å². The van der Waals surface area contributed by atoms with Gasteiger partial charge in [-0.25, -0.2) is 0 Å². The number of nitrogens with one attached hydrogen (secondary N) is 1. The van der Waals surface area contributed by atoms with Crippen molar-refractivity contribution in [1.29, 1.82) is 0 Å². The van der Waals surface area contributed by atoms with Crippen LogP contribution in [-0.4, -0.2) is 31.5 Å². The van der Waals surface area contributed by atoms with Crippen LogP contribution in [0.1, 0.15) is 30.9 Å². The van der Waals surface area contributed by atoms with Crippen molar-refractivity contribution in [3.05, 3.63) is 23.7 Å². The number of hydrogen-bond donors (Lipinski definition) is 2. The summed E-state index contributed by atoms with van der Waals surface area (Å²) in [6.07, 6.45) is 0.935. The molecule has 0 amide bonds. The van der Waals surface area contributed by atoms with Crippen molar-refractivity contribution in [3.63, 3.8) is 0 Å². The first kappa shape index (κ1) is 13.2. The SMILES string of the molecule is Cc1ccc(C(C)NCCCOCCO)o1. The normalized spacial score (nSPS) is 12.9. The number of aryl methyl sites for hydroxylation is 1. The molecule has 92 valence electrons. The minimum absolute atomic E-state index is 0.0928. The van der Waals surface area contributed by atoms with Gasteiger partial charge in [-0.2, -0.15) is 0 Å².